The average Bonchev–Trinajstić information content (AvgIpc) is 2.99. The minimum Gasteiger partial charge on any atom is -0.329 e. The van der Waals surface area contributed by atoms with E-state index >= 15 is 0 Å². The van der Waals surface area contributed by atoms with Crippen LogP contribution in [-0.2, 0) is 13.5 Å². The summed E-state index contributed by atoms with van der Waals surface area (Å²) in [6.07, 6.45) is 0.872. The molecule has 0 radical (unpaired) electrons. The molecule has 0 saturated heterocycles. The van der Waals surface area contributed by atoms with Gasteiger partial charge in [0.25, 0.3) is 11.8 Å². The van der Waals surface area contributed by atoms with Gasteiger partial charge in [0.05, 0.1) is 9.90 Å². The van der Waals surface area contributed by atoms with Gasteiger partial charge in [0.15, 0.2) is 0 Å². The van der Waals surface area contributed by atoms with Crippen LogP contribution in [0.5, 0.6) is 0 Å². The van der Waals surface area contributed by atoms with E-state index in [9.17, 15) is 9.59 Å². The first-order valence-electron chi connectivity index (χ1n) is 6.55. The van der Waals surface area contributed by atoms with E-state index in [-0.39, 0.29) is 21.8 Å². The summed E-state index contributed by atoms with van der Waals surface area (Å²) in [6.45, 7) is 3.99. The molecule has 0 spiro atoms. The molecule has 0 aliphatic carbocycles. The number of amides is 2. The van der Waals surface area contributed by atoms with Crippen LogP contribution >= 0.6 is 34.5 Å². The van der Waals surface area contributed by atoms with Crippen LogP contribution < -0.4 is 10.9 Å². The Bertz CT molecular complexity index is 737. The number of hydrogen-bond donors (Lipinski definition) is 2. The summed E-state index contributed by atoms with van der Waals surface area (Å²) < 4.78 is 1.44. The number of nitrogens with zero attached hydrogens (tertiary/aromatic N) is 1. The van der Waals surface area contributed by atoms with Crippen molar-refractivity contribution in [1.82, 2.24) is 15.4 Å². The lowest BCUT2D eigenvalue weighted by atomic mass is 10.2. The van der Waals surface area contributed by atoms with Gasteiger partial charge in [-0.3, -0.25) is 20.4 Å². The summed E-state index contributed by atoms with van der Waals surface area (Å²) in [4.78, 5) is 25.8. The Morgan fingerprint density at radius 2 is 1.86 bits per heavy atom. The third-order valence-corrected chi connectivity index (χ3v) is 5.43. The quantitative estimate of drug-likeness (QED) is 0.825. The lowest BCUT2D eigenvalue weighted by Crippen LogP contribution is -2.42. The van der Waals surface area contributed by atoms with Crippen molar-refractivity contribution in [3.05, 3.63) is 43.3 Å². The van der Waals surface area contributed by atoms with Crippen molar-refractivity contribution in [3.63, 3.8) is 0 Å². The fourth-order valence-electron chi connectivity index (χ4n) is 1.98. The van der Waals surface area contributed by atoms with E-state index in [2.05, 4.69) is 10.9 Å². The number of carbonyl (C=O) groups is 2. The zero-order valence-corrected chi connectivity index (χ0v) is 14.6. The molecule has 8 heteroatoms. The summed E-state index contributed by atoms with van der Waals surface area (Å²) in [7, 11) is 1.61. The second kappa shape index (κ2) is 6.73. The Morgan fingerprint density at radius 3 is 2.36 bits per heavy atom. The van der Waals surface area contributed by atoms with E-state index in [4.69, 9.17) is 23.2 Å². The van der Waals surface area contributed by atoms with Gasteiger partial charge in [0.1, 0.15) is 10.8 Å². The Labute approximate surface area is 142 Å². The number of aryl methyl sites for hydroxylation is 2. The number of rotatable bonds is 3. The smallest absolute Gasteiger partial charge is 0.286 e. The number of nitrogens with one attached hydrogen (secondary N) is 2. The number of halogens is 2. The number of aromatic nitrogens is 1. The first-order chi connectivity index (χ1) is 10.3. The van der Waals surface area contributed by atoms with Gasteiger partial charge in [-0.1, -0.05) is 30.1 Å². The first kappa shape index (κ1) is 16.9. The van der Waals surface area contributed by atoms with Crippen LogP contribution in [0.4, 0.5) is 0 Å². The van der Waals surface area contributed by atoms with Crippen LogP contribution in [0.25, 0.3) is 0 Å². The van der Waals surface area contributed by atoms with E-state index < -0.39 is 5.91 Å². The fourth-order valence-corrected chi connectivity index (χ4v) is 3.37. The third-order valence-electron chi connectivity index (χ3n) is 3.20. The average molecular weight is 360 g/mol. The summed E-state index contributed by atoms with van der Waals surface area (Å²) in [5.41, 5.74) is 6.08. The maximum absolute atomic E-state index is 12.0. The van der Waals surface area contributed by atoms with Crippen LogP contribution in [-0.4, -0.2) is 16.4 Å². The van der Waals surface area contributed by atoms with Crippen LogP contribution in [0.2, 0.25) is 10.2 Å². The zero-order valence-electron chi connectivity index (χ0n) is 12.3. The van der Waals surface area contributed by atoms with Crippen LogP contribution in [0.1, 0.15) is 37.5 Å². The first-order valence-corrected chi connectivity index (χ1v) is 8.13. The molecule has 0 unspecified atom stereocenters. The van der Waals surface area contributed by atoms with Crippen molar-refractivity contribution in [2.45, 2.75) is 20.3 Å². The van der Waals surface area contributed by atoms with Crippen molar-refractivity contribution in [2.24, 2.45) is 7.05 Å². The van der Waals surface area contributed by atoms with Gasteiger partial charge in [-0.2, -0.15) is 0 Å². The summed E-state index contributed by atoms with van der Waals surface area (Å²) >= 11 is 13.2. The predicted octanol–water partition coefficient (Wildman–Crippen LogP) is 3.34. The zero-order chi connectivity index (χ0) is 16.4. The van der Waals surface area contributed by atoms with Gasteiger partial charge in [-0.25, -0.2) is 0 Å². The van der Waals surface area contributed by atoms with E-state index in [1.54, 1.807) is 13.1 Å². The number of hydrazine groups is 1. The van der Waals surface area contributed by atoms with Gasteiger partial charge in [-0.15, -0.1) is 11.3 Å². The van der Waals surface area contributed by atoms with E-state index in [0.29, 0.717) is 4.88 Å². The van der Waals surface area contributed by atoms with E-state index in [1.807, 2.05) is 13.8 Å². The standard InChI is InChI=1S/C14H15Cl2N3O2S/c1-4-10-7(2)5-11(22-10)14(21)18-17-13(20)9-6-8(15)12(16)19(9)3/h5-6H,4H2,1-3H3,(H,17,20)(H,18,21). The Morgan fingerprint density at radius 1 is 1.23 bits per heavy atom. The molecule has 0 atom stereocenters. The molecular formula is C14H15Cl2N3O2S. The maximum atomic E-state index is 12.0. The van der Waals surface area contributed by atoms with Crippen molar-refractivity contribution in [2.75, 3.05) is 0 Å². The predicted molar refractivity (Wildman–Crippen MR) is 88.8 cm³/mol. The van der Waals surface area contributed by atoms with Crippen LogP contribution in [0.15, 0.2) is 12.1 Å². The monoisotopic (exact) mass is 359 g/mol. The molecule has 0 aliphatic heterocycles. The SMILES string of the molecule is CCc1sc(C(=O)NNC(=O)c2cc(Cl)c(Cl)n2C)cc1C. The highest BCUT2D eigenvalue weighted by molar-refractivity contribution is 7.14. The number of thiophene rings is 1. The molecule has 2 amide bonds. The van der Waals surface area contributed by atoms with Gasteiger partial charge in [0, 0.05) is 11.9 Å². The third kappa shape index (κ3) is 3.29. The van der Waals surface area contributed by atoms with Crippen molar-refractivity contribution >= 4 is 46.4 Å². The van der Waals surface area contributed by atoms with E-state index in [0.717, 1.165) is 16.9 Å². The lowest BCUT2D eigenvalue weighted by Gasteiger charge is -2.07. The highest BCUT2D eigenvalue weighted by Crippen LogP contribution is 2.25. The van der Waals surface area contributed by atoms with Crippen molar-refractivity contribution in [1.29, 1.82) is 0 Å². The molecule has 2 heterocycles. The van der Waals surface area contributed by atoms with Gasteiger partial charge >= 0.3 is 0 Å². The van der Waals surface area contributed by atoms with Crippen molar-refractivity contribution in [3.8, 4) is 0 Å². The molecule has 0 aromatic carbocycles. The molecular weight excluding hydrogens is 345 g/mol. The molecule has 0 bridgehead atoms. The molecule has 2 aromatic rings. The molecule has 0 aliphatic rings. The van der Waals surface area contributed by atoms with Gasteiger partial charge < -0.3 is 4.57 Å². The molecule has 0 fully saturated rings. The second-order valence-electron chi connectivity index (χ2n) is 4.71. The van der Waals surface area contributed by atoms with Gasteiger partial charge in [-0.05, 0) is 31.0 Å². The van der Waals surface area contributed by atoms with Crippen molar-refractivity contribution < 1.29 is 9.59 Å². The van der Waals surface area contributed by atoms with Crippen LogP contribution in [0, 0.1) is 6.92 Å². The topological polar surface area (TPSA) is 63.1 Å². The normalized spacial score (nSPS) is 10.6. The molecule has 2 N–H and O–H groups in total. The molecule has 118 valence electrons. The largest absolute Gasteiger partial charge is 0.329 e. The molecule has 5 nitrogen and oxygen atoms in total. The summed E-state index contributed by atoms with van der Waals surface area (Å²) in [5, 5.41) is 0.543. The maximum Gasteiger partial charge on any atom is 0.286 e. The van der Waals surface area contributed by atoms with E-state index in [1.165, 1.54) is 22.0 Å². The summed E-state index contributed by atoms with van der Waals surface area (Å²) in [5.74, 6) is -0.846. The Balaban J connectivity index is 2.04. The fraction of sp³-hybridized carbons (Fsp3) is 0.286. The Kier molecular flexibility index (Phi) is 5.16. The highest BCUT2D eigenvalue weighted by Gasteiger charge is 2.17. The minimum absolute atomic E-state index is 0.256. The molecule has 2 rings (SSSR count). The molecule has 2 aromatic heterocycles. The molecule has 22 heavy (non-hydrogen) atoms. The number of carbonyl (C=O) groups excluding carboxylic acids is 2. The highest BCUT2D eigenvalue weighted by atomic mass is 35.5. The number of hydrogen-bond acceptors (Lipinski definition) is 3. The minimum atomic E-state index is -0.492. The second-order valence-corrected chi connectivity index (χ2v) is 6.61. The lowest BCUT2D eigenvalue weighted by molar-refractivity contribution is 0.0844. The Hall–Kier alpha value is -1.50. The molecule has 0 saturated carbocycles. The summed E-state index contributed by atoms with van der Waals surface area (Å²) in [6, 6.07) is 3.25. The van der Waals surface area contributed by atoms with Crippen LogP contribution in [0.3, 0.4) is 0 Å². The van der Waals surface area contributed by atoms with Gasteiger partial charge in [0.2, 0.25) is 0 Å².